The Balaban J connectivity index is 2.01. The SMILES string of the molecule is CCc1cccc(NC(=O)Nc2cncc(Cl)c2)c1. The van der Waals surface area contributed by atoms with Crippen LogP contribution in [0.1, 0.15) is 12.5 Å². The Bertz CT molecular complexity index is 586. The van der Waals surface area contributed by atoms with Crippen molar-refractivity contribution in [1.82, 2.24) is 4.98 Å². The maximum atomic E-state index is 11.8. The predicted molar refractivity (Wildman–Crippen MR) is 77.7 cm³/mol. The lowest BCUT2D eigenvalue weighted by molar-refractivity contribution is 0.262. The maximum Gasteiger partial charge on any atom is 0.323 e. The van der Waals surface area contributed by atoms with E-state index in [0.717, 1.165) is 12.1 Å². The van der Waals surface area contributed by atoms with Gasteiger partial charge in [0.2, 0.25) is 0 Å². The molecule has 1 aromatic heterocycles. The van der Waals surface area contributed by atoms with Crippen molar-refractivity contribution in [1.29, 1.82) is 0 Å². The van der Waals surface area contributed by atoms with Gasteiger partial charge in [-0.3, -0.25) is 4.98 Å². The second-order valence-corrected chi connectivity index (χ2v) is 4.46. The van der Waals surface area contributed by atoms with E-state index in [-0.39, 0.29) is 6.03 Å². The van der Waals surface area contributed by atoms with Crippen LogP contribution in [0.4, 0.5) is 16.2 Å². The van der Waals surface area contributed by atoms with Crippen LogP contribution in [0.2, 0.25) is 5.02 Å². The Kier molecular flexibility index (Phi) is 4.36. The summed E-state index contributed by atoms with van der Waals surface area (Å²) in [7, 11) is 0. The van der Waals surface area contributed by atoms with E-state index in [9.17, 15) is 4.79 Å². The fraction of sp³-hybridized carbons (Fsp3) is 0.143. The first-order valence-corrected chi connectivity index (χ1v) is 6.32. The minimum Gasteiger partial charge on any atom is -0.308 e. The molecule has 1 heterocycles. The summed E-state index contributed by atoms with van der Waals surface area (Å²) in [5, 5.41) is 5.91. The number of pyridine rings is 1. The second kappa shape index (κ2) is 6.20. The molecule has 0 bridgehead atoms. The number of halogens is 1. The fourth-order valence-electron chi connectivity index (χ4n) is 1.64. The summed E-state index contributed by atoms with van der Waals surface area (Å²) in [6, 6.07) is 9.03. The quantitative estimate of drug-likeness (QED) is 0.891. The van der Waals surface area contributed by atoms with Crippen LogP contribution in [-0.2, 0) is 6.42 Å². The molecule has 2 aromatic rings. The topological polar surface area (TPSA) is 54.0 Å². The number of carbonyl (C=O) groups excluding carboxylic acids is 1. The zero-order valence-corrected chi connectivity index (χ0v) is 11.2. The molecule has 0 aliphatic heterocycles. The number of nitrogens with zero attached hydrogens (tertiary/aromatic N) is 1. The summed E-state index contributed by atoms with van der Waals surface area (Å²) >= 11 is 5.79. The van der Waals surface area contributed by atoms with Crippen molar-refractivity contribution < 1.29 is 4.79 Å². The van der Waals surface area contributed by atoms with E-state index >= 15 is 0 Å². The summed E-state index contributed by atoms with van der Waals surface area (Å²) in [4.78, 5) is 15.7. The number of anilines is 2. The third-order valence-electron chi connectivity index (χ3n) is 2.56. The number of carbonyl (C=O) groups is 1. The van der Waals surface area contributed by atoms with E-state index in [1.54, 1.807) is 6.07 Å². The van der Waals surface area contributed by atoms with E-state index in [1.807, 2.05) is 24.3 Å². The lowest BCUT2D eigenvalue weighted by atomic mass is 10.1. The Morgan fingerprint density at radius 2 is 2.00 bits per heavy atom. The van der Waals surface area contributed by atoms with Crippen LogP contribution in [-0.4, -0.2) is 11.0 Å². The third-order valence-corrected chi connectivity index (χ3v) is 2.76. The summed E-state index contributed by atoms with van der Waals surface area (Å²) < 4.78 is 0. The molecule has 0 saturated heterocycles. The highest BCUT2D eigenvalue weighted by atomic mass is 35.5. The average molecular weight is 276 g/mol. The van der Waals surface area contributed by atoms with Crippen LogP contribution in [0.3, 0.4) is 0 Å². The van der Waals surface area contributed by atoms with Gasteiger partial charge in [-0.1, -0.05) is 30.7 Å². The molecule has 0 spiro atoms. The first kappa shape index (κ1) is 13.4. The molecule has 5 heteroatoms. The number of urea groups is 1. The van der Waals surface area contributed by atoms with Crippen molar-refractivity contribution in [2.45, 2.75) is 13.3 Å². The molecule has 2 amide bonds. The summed E-state index contributed by atoms with van der Waals surface area (Å²) in [6.45, 7) is 2.07. The van der Waals surface area contributed by atoms with Gasteiger partial charge in [0.05, 0.1) is 16.9 Å². The van der Waals surface area contributed by atoms with Crippen molar-refractivity contribution >= 4 is 29.0 Å². The molecular weight excluding hydrogens is 262 g/mol. The normalized spacial score (nSPS) is 10.0. The highest BCUT2D eigenvalue weighted by molar-refractivity contribution is 6.30. The molecule has 0 unspecified atom stereocenters. The maximum absolute atomic E-state index is 11.8. The molecule has 2 rings (SSSR count). The van der Waals surface area contributed by atoms with Gasteiger partial charge in [0, 0.05) is 11.9 Å². The van der Waals surface area contributed by atoms with Gasteiger partial charge in [-0.15, -0.1) is 0 Å². The van der Waals surface area contributed by atoms with Crippen LogP contribution in [0.5, 0.6) is 0 Å². The molecule has 0 atom stereocenters. The first-order chi connectivity index (χ1) is 9.17. The Morgan fingerprint density at radius 3 is 2.74 bits per heavy atom. The van der Waals surface area contributed by atoms with E-state index in [0.29, 0.717) is 10.7 Å². The van der Waals surface area contributed by atoms with Crippen molar-refractivity contribution in [2.75, 3.05) is 10.6 Å². The molecule has 1 aromatic carbocycles. The average Bonchev–Trinajstić information content (AvgIpc) is 2.38. The number of benzene rings is 1. The van der Waals surface area contributed by atoms with Crippen molar-refractivity contribution in [3.05, 3.63) is 53.3 Å². The summed E-state index contributed by atoms with van der Waals surface area (Å²) in [6.07, 6.45) is 3.97. The van der Waals surface area contributed by atoms with Gasteiger partial charge in [0.1, 0.15) is 0 Å². The number of amides is 2. The van der Waals surface area contributed by atoms with Crippen LogP contribution < -0.4 is 10.6 Å². The molecule has 4 nitrogen and oxygen atoms in total. The summed E-state index contributed by atoms with van der Waals surface area (Å²) in [5.41, 5.74) is 2.48. The molecule has 0 saturated carbocycles. The van der Waals surface area contributed by atoms with Gasteiger partial charge in [-0.25, -0.2) is 4.79 Å². The number of aryl methyl sites for hydroxylation is 1. The van der Waals surface area contributed by atoms with Crippen molar-refractivity contribution in [3.63, 3.8) is 0 Å². The number of nitrogens with one attached hydrogen (secondary N) is 2. The van der Waals surface area contributed by atoms with Gasteiger partial charge in [-0.2, -0.15) is 0 Å². The van der Waals surface area contributed by atoms with Crippen LogP contribution >= 0.6 is 11.6 Å². The van der Waals surface area contributed by atoms with Crippen LogP contribution in [0.15, 0.2) is 42.7 Å². The molecule has 98 valence electrons. The fourth-order valence-corrected chi connectivity index (χ4v) is 1.82. The molecule has 0 fully saturated rings. The first-order valence-electron chi connectivity index (χ1n) is 5.95. The number of hydrogen-bond acceptors (Lipinski definition) is 2. The van der Waals surface area contributed by atoms with E-state index < -0.39 is 0 Å². The van der Waals surface area contributed by atoms with Crippen LogP contribution in [0, 0.1) is 0 Å². The van der Waals surface area contributed by atoms with E-state index in [4.69, 9.17) is 11.6 Å². The Morgan fingerprint density at radius 1 is 1.21 bits per heavy atom. The minimum atomic E-state index is -0.322. The highest BCUT2D eigenvalue weighted by Crippen LogP contribution is 2.14. The number of rotatable bonds is 3. The third kappa shape index (κ3) is 3.96. The Hall–Kier alpha value is -2.07. The van der Waals surface area contributed by atoms with Crippen molar-refractivity contribution in [3.8, 4) is 0 Å². The molecule has 19 heavy (non-hydrogen) atoms. The molecule has 0 aliphatic rings. The minimum absolute atomic E-state index is 0.322. The zero-order valence-electron chi connectivity index (χ0n) is 10.5. The highest BCUT2D eigenvalue weighted by Gasteiger charge is 2.03. The largest absolute Gasteiger partial charge is 0.323 e. The van der Waals surface area contributed by atoms with Crippen molar-refractivity contribution in [2.24, 2.45) is 0 Å². The lowest BCUT2D eigenvalue weighted by Crippen LogP contribution is -2.19. The molecule has 2 N–H and O–H groups in total. The second-order valence-electron chi connectivity index (χ2n) is 4.02. The monoisotopic (exact) mass is 275 g/mol. The van der Waals surface area contributed by atoms with Gasteiger partial charge in [0.15, 0.2) is 0 Å². The molecule has 0 aliphatic carbocycles. The Labute approximate surface area is 116 Å². The summed E-state index contributed by atoms with van der Waals surface area (Å²) in [5.74, 6) is 0. The predicted octanol–water partition coefficient (Wildman–Crippen LogP) is 3.94. The van der Waals surface area contributed by atoms with Gasteiger partial charge < -0.3 is 10.6 Å². The van der Waals surface area contributed by atoms with Gasteiger partial charge in [0.25, 0.3) is 0 Å². The van der Waals surface area contributed by atoms with Gasteiger partial charge >= 0.3 is 6.03 Å². The van der Waals surface area contributed by atoms with Crippen LogP contribution in [0.25, 0.3) is 0 Å². The molecular formula is C14H14ClN3O. The number of hydrogen-bond donors (Lipinski definition) is 2. The van der Waals surface area contributed by atoms with Gasteiger partial charge in [-0.05, 0) is 30.2 Å². The zero-order chi connectivity index (χ0) is 13.7. The smallest absolute Gasteiger partial charge is 0.308 e. The standard InChI is InChI=1S/C14H14ClN3O/c1-2-10-4-3-5-12(6-10)17-14(19)18-13-7-11(15)8-16-9-13/h3-9H,2H2,1H3,(H2,17,18,19). The lowest BCUT2D eigenvalue weighted by Gasteiger charge is -2.08. The molecule has 0 radical (unpaired) electrons. The van der Waals surface area contributed by atoms with E-state index in [2.05, 4.69) is 22.5 Å². The van der Waals surface area contributed by atoms with E-state index in [1.165, 1.54) is 18.0 Å². The number of aromatic nitrogens is 1.